The molecule has 0 bridgehead atoms. The summed E-state index contributed by atoms with van der Waals surface area (Å²) in [5, 5.41) is 13.8. The molecule has 0 radical (unpaired) electrons. The van der Waals surface area contributed by atoms with Crippen LogP contribution >= 0.6 is 0 Å². The van der Waals surface area contributed by atoms with E-state index in [-0.39, 0.29) is 11.6 Å². The van der Waals surface area contributed by atoms with Crippen LogP contribution in [0, 0.1) is 5.92 Å². The van der Waals surface area contributed by atoms with Gasteiger partial charge in [-0.1, -0.05) is 0 Å². The number of aromatic nitrogens is 4. The van der Waals surface area contributed by atoms with Crippen LogP contribution in [0.15, 0.2) is 41.7 Å². The van der Waals surface area contributed by atoms with Gasteiger partial charge in [0.2, 0.25) is 0 Å². The Morgan fingerprint density at radius 2 is 1.96 bits per heavy atom. The van der Waals surface area contributed by atoms with E-state index in [1.54, 1.807) is 30.2 Å². The Morgan fingerprint density at radius 1 is 1.21 bits per heavy atom. The fourth-order valence-electron chi connectivity index (χ4n) is 4.13. The minimum atomic E-state index is -0.637. The zero-order valence-electron chi connectivity index (χ0n) is 16.6. The molecule has 1 fully saturated rings. The summed E-state index contributed by atoms with van der Waals surface area (Å²) >= 11 is 0. The van der Waals surface area contributed by atoms with Crippen molar-refractivity contribution in [2.24, 2.45) is 13.0 Å². The van der Waals surface area contributed by atoms with Crippen molar-refractivity contribution < 1.29 is 5.11 Å². The molecule has 1 saturated carbocycles. The van der Waals surface area contributed by atoms with Gasteiger partial charge >= 0.3 is 0 Å². The normalized spacial score (nSPS) is 20.4. The molecule has 0 aromatic carbocycles. The standard InChI is InChI=1S/C21H27N5O2/c1-21(2,28)14-4-6-15(7-5-14)23-16-12-19(27)25(3)17-8-9-18(24-20(16)17)26-11-10-22-13-26/h8-15,23,28H,4-7H2,1-3H3/t14-,15-. The highest BCUT2D eigenvalue weighted by atomic mass is 16.3. The second-order valence-corrected chi connectivity index (χ2v) is 8.31. The van der Waals surface area contributed by atoms with Gasteiger partial charge in [0.05, 0.1) is 16.8 Å². The van der Waals surface area contributed by atoms with Gasteiger partial charge in [0, 0.05) is 31.5 Å². The van der Waals surface area contributed by atoms with Crippen LogP contribution in [-0.4, -0.2) is 35.9 Å². The molecule has 3 aromatic rings. The molecule has 0 saturated heterocycles. The summed E-state index contributed by atoms with van der Waals surface area (Å²) in [4.78, 5) is 21.3. The Hall–Kier alpha value is -2.67. The van der Waals surface area contributed by atoms with E-state index in [2.05, 4.69) is 10.3 Å². The monoisotopic (exact) mass is 381 g/mol. The van der Waals surface area contributed by atoms with Crippen molar-refractivity contribution in [1.29, 1.82) is 0 Å². The van der Waals surface area contributed by atoms with Gasteiger partial charge in [-0.3, -0.25) is 9.36 Å². The molecule has 3 aromatic heterocycles. The number of nitrogens with one attached hydrogen (secondary N) is 1. The van der Waals surface area contributed by atoms with Crippen molar-refractivity contribution in [3.8, 4) is 5.82 Å². The molecule has 1 aliphatic rings. The first-order valence-electron chi connectivity index (χ1n) is 9.81. The number of nitrogens with zero attached hydrogens (tertiary/aromatic N) is 4. The number of pyridine rings is 2. The smallest absolute Gasteiger partial charge is 0.252 e. The summed E-state index contributed by atoms with van der Waals surface area (Å²) in [6.45, 7) is 3.78. The van der Waals surface area contributed by atoms with E-state index in [0.29, 0.717) is 5.92 Å². The number of imidazole rings is 1. The van der Waals surface area contributed by atoms with E-state index < -0.39 is 5.60 Å². The molecular formula is C21H27N5O2. The van der Waals surface area contributed by atoms with Gasteiger partial charge in [-0.2, -0.15) is 0 Å². The summed E-state index contributed by atoms with van der Waals surface area (Å²) in [5.74, 6) is 1.08. The zero-order chi connectivity index (χ0) is 19.9. The lowest BCUT2D eigenvalue weighted by atomic mass is 9.77. The molecule has 0 unspecified atom stereocenters. The molecule has 0 aliphatic heterocycles. The third-order valence-corrected chi connectivity index (χ3v) is 5.93. The van der Waals surface area contributed by atoms with Gasteiger partial charge in [0.25, 0.3) is 5.56 Å². The van der Waals surface area contributed by atoms with Crippen molar-refractivity contribution in [2.45, 2.75) is 51.2 Å². The molecule has 148 valence electrons. The molecule has 7 nitrogen and oxygen atoms in total. The third-order valence-electron chi connectivity index (χ3n) is 5.93. The number of anilines is 1. The van der Waals surface area contributed by atoms with Crippen molar-refractivity contribution >= 4 is 16.7 Å². The van der Waals surface area contributed by atoms with Gasteiger partial charge in [-0.25, -0.2) is 9.97 Å². The van der Waals surface area contributed by atoms with Crippen molar-refractivity contribution in [2.75, 3.05) is 5.32 Å². The molecule has 1 aliphatic carbocycles. The van der Waals surface area contributed by atoms with Crippen LogP contribution in [0.3, 0.4) is 0 Å². The lowest BCUT2D eigenvalue weighted by molar-refractivity contribution is -0.000388. The van der Waals surface area contributed by atoms with E-state index in [4.69, 9.17) is 4.98 Å². The minimum Gasteiger partial charge on any atom is -0.390 e. The first-order chi connectivity index (χ1) is 13.3. The molecule has 28 heavy (non-hydrogen) atoms. The minimum absolute atomic E-state index is 0.0580. The lowest BCUT2D eigenvalue weighted by Gasteiger charge is -2.36. The molecule has 7 heteroatoms. The molecule has 3 heterocycles. The summed E-state index contributed by atoms with van der Waals surface area (Å²) < 4.78 is 3.47. The summed E-state index contributed by atoms with van der Waals surface area (Å²) in [7, 11) is 1.77. The van der Waals surface area contributed by atoms with Crippen molar-refractivity contribution in [3.63, 3.8) is 0 Å². The van der Waals surface area contributed by atoms with E-state index in [9.17, 15) is 9.90 Å². The van der Waals surface area contributed by atoms with Crippen LogP contribution in [0.1, 0.15) is 39.5 Å². The number of hydrogen-bond acceptors (Lipinski definition) is 5. The highest BCUT2D eigenvalue weighted by molar-refractivity contribution is 5.88. The number of aryl methyl sites for hydroxylation is 1. The Kier molecular flexibility index (Phi) is 4.71. The summed E-state index contributed by atoms with van der Waals surface area (Å²) in [5.41, 5.74) is 1.65. The van der Waals surface area contributed by atoms with E-state index in [1.807, 2.05) is 36.7 Å². The lowest BCUT2D eigenvalue weighted by Crippen LogP contribution is -2.37. The van der Waals surface area contributed by atoms with Crippen LogP contribution < -0.4 is 10.9 Å². The fourth-order valence-corrected chi connectivity index (χ4v) is 4.13. The first kappa shape index (κ1) is 18.7. The predicted molar refractivity (Wildman–Crippen MR) is 110 cm³/mol. The Morgan fingerprint density at radius 3 is 2.61 bits per heavy atom. The highest BCUT2D eigenvalue weighted by Gasteiger charge is 2.31. The molecular weight excluding hydrogens is 354 g/mol. The average Bonchev–Trinajstić information content (AvgIpc) is 3.20. The number of hydrogen-bond donors (Lipinski definition) is 2. The van der Waals surface area contributed by atoms with Gasteiger partial charge in [-0.05, 0) is 57.6 Å². The highest BCUT2D eigenvalue weighted by Crippen LogP contribution is 2.34. The Bertz CT molecular complexity index is 1030. The topological polar surface area (TPSA) is 85.0 Å². The van der Waals surface area contributed by atoms with Crippen molar-refractivity contribution in [1.82, 2.24) is 19.1 Å². The van der Waals surface area contributed by atoms with E-state index >= 15 is 0 Å². The molecule has 2 N–H and O–H groups in total. The Labute approximate surface area is 164 Å². The van der Waals surface area contributed by atoms with Gasteiger partial charge < -0.3 is 15.0 Å². The number of rotatable bonds is 4. The van der Waals surface area contributed by atoms with Crippen LogP contribution in [-0.2, 0) is 7.05 Å². The number of fused-ring (bicyclic) bond motifs is 1. The number of aliphatic hydroxyl groups is 1. The van der Waals surface area contributed by atoms with Gasteiger partial charge in [0.1, 0.15) is 17.7 Å². The maximum absolute atomic E-state index is 12.4. The average molecular weight is 381 g/mol. The fraction of sp³-hybridized carbons (Fsp3) is 0.476. The predicted octanol–water partition coefficient (Wildman–Crippen LogP) is 2.86. The van der Waals surface area contributed by atoms with Crippen LogP contribution in [0.25, 0.3) is 16.9 Å². The molecule has 0 atom stereocenters. The molecule has 4 rings (SSSR count). The van der Waals surface area contributed by atoms with E-state index in [0.717, 1.165) is 48.2 Å². The first-order valence-corrected chi connectivity index (χ1v) is 9.81. The maximum atomic E-state index is 12.4. The third kappa shape index (κ3) is 3.54. The van der Waals surface area contributed by atoms with E-state index in [1.165, 1.54) is 0 Å². The summed E-state index contributed by atoms with van der Waals surface area (Å²) in [6.07, 6.45) is 9.14. The van der Waals surface area contributed by atoms with Crippen molar-refractivity contribution in [3.05, 3.63) is 47.3 Å². The van der Waals surface area contributed by atoms with Crippen LogP contribution in [0.5, 0.6) is 0 Å². The summed E-state index contributed by atoms with van der Waals surface area (Å²) in [6, 6.07) is 5.72. The Balaban J connectivity index is 1.66. The van der Waals surface area contributed by atoms with Gasteiger partial charge in [-0.15, -0.1) is 0 Å². The zero-order valence-corrected chi connectivity index (χ0v) is 16.6. The van der Waals surface area contributed by atoms with Crippen LogP contribution in [0.2, 0.25) is 0 Å². The van der Waals surface area contributed by atoms with Gasteiger partial charge in [0.15, 0.2) is 0 Å². The SMILES string of the molecule is Cn1c(=O)cc(N[C@H]2CC[C@H](C(C)(C)O)CC2)c2nc(-n3ccnc3)ccc21. The second-order valence-electron chi connectivity index (χ2n) is 8.31. The van der Waals surface area contributed by atoms with Crippen LogP contribution in [0.4, 0.5) is 5.69 Å². The second kappa shape index (κ2) is 7.05. The molecule has 0 amide bonds. The molecule has 0 spiro atoms. The quantitative estimate of drug-likeness (QED) is 0.726. The largest absolute Gasteiger partial charge is 0.390 e. The maximum Gasteiger partial charge on any atom is 0.252 e.